The third-order valence-electron chi connectivity index (χ3n) is 3.91. The first-order valence-electron chi connectivity index (χ1n) is 7.77. The van der Waals surface area contributed by atoms with Gasteiger partial charge in [-0.3, -0.25) is 4.79 Å². The molecule has 0 fully saturated rings. The van der Waals surface area contributed by atoms with E-state index >= 15 is 0 Å². The monoisotopic (exact) mass is 340 g/mol. The highest BCUT2D eigenvalue weighted by Crippen LogP contribution is 2.31. The van der Waals surface area contributed by atoms with Crippen molar-refractivity contribution in [1.29, 1.82) is 0 Å². The van der Waals surface area contributed by atoms with Gasteiger partial charge in [0.2, 0.25) is 5.91 Å². The minimum absolute atomic E-state index is 0.127. The molecule has 4 nitrogen and oxygen atoms in total. The molecule has 0 radical (unpaired) electrons. The molecular weight excluding hydrogens is 320 g/mol. The van der Waals surface area contributed by atoms with Crippen LogP contribution in [0.5, 0.6) is 0 Å². The lowest BCUT2D eigenvalue weighted by atomic mass is 10.0. The van der Waals surface area contributed by atoms with E-state index in [4.69, 9.17) is 4.42 Å². The third kappa shape index (κ3) is 3.75. The number of fused-ring (bicyclic) bond motifs is 1. The van der Waals surface area contributed by atoms with E-state index in [9.17, 15) is 4.79 Å². The molecule has 0 saturated carbocycles. The second-order valence-electron chi connectivity index (χ2n) is 5.76. The summed E-state index contributed by atoms with van der Waals surface area (Å²) in [4.78, 5) is 14.2. The van der Waals surface area contributed by atoms with Crippen LogP contribution in [0.2, 0.25) is 0 Å². The summed E-state index contributed by atoms with van der Waals surface area (Å²) in [5.41, 5.74) is 1.25. The van der Waals surface area contributed by atoms with Gasteiger partial charge in [-0.15, -0.1) is 11.3 Å². The van der Waals surface area contributed by atoms with Crippen molar-refractivity contribution in [2.45, 2.75) is 6.04 Å². The molecule has 2 heterocycles. The number of hydrogen-bond acceptors (Lipinski definition) is 4. The molecule has 24 heavy (non-hydrogen) atoms. The highest BCUT2D eigenvalue weighted by Gasteiger charge is 2.18. The van der Waals surface area contributed by atoms with Gasteiger partial charge < -0.3 is 14.6 Å². The van der Waals surface area contributed by atoms with Crippen molar-refractivity contribution in [3.63, 3.8) is 0 Å². The summed E-state index contributed by atoms with van der Waals surface area (Å²) in [7, 11) is 4.06. The fourth-order valence-corrected chi connectivity index (χ4v) is 3.64. The van der Waals surface area contributed by atoms with E-state index in [1.807, 2.05) is 20.2 Å². The van der Waals surface area contributed by atoms with E-state index in [-0.39, 0.29) is 11.9 Å². The lowest BCUT2D eigenvalue weighted by Gasteiger charge is -2.24. The molecule has 0 aliphatic rings. The normalized spacial score (nSPS) is 13.0. The van der Waals surface area contributed by atoms with Gasteiger partial charge in [-0.25, -0.2) is 0 Å². The van der Waals surface area contributed by atoms with Gasteiger partial charge in [-0.05, 0) is 54.7 Å². The first-order chi connectivity index (χ1) is 11.6. The molecule has 1 amide bonds. The van der Waals surface area contributed by atoms with Crippen LogP contribution in [0.3, 0.4) is 0 Å². The van der Waals surface area contributed by atoms with Crippen molar-refractivity contribution in [1.82, 2.24) is 10.2 Å². The summed E-state index contributed by atoms with van der Waals surface area (Å²) in [5.74, 6) is 0.538. The first kappa shape index (κ1) is 16.5. The lowest BCUT2D eigenvalue weighted by molar-refractivity contribution is -0.116. The van der Waals surface area contributed by atoms with Crippen LogP contribution in [0.15, 0.2) is 58.5 Å². The van der Waals surface area contributed by atoms with Crippen LogP contribution in [0.4, 0.5) is 0 Å². The number of carbonyl (C=O) groups is 1. The van der Waals surface area contributed by atoms with Crippen molar-refractivity contribution in [3.05, 3.63) is 65.4 Å². The highest BCUT2D eigenvalue weighted by molar-refractivity contribution is 7.17. The summed E-state index contributed by atoms with van der Waals surface area (Å²) in [5, 5.41) is 6.41. The lowest BCUT2D eigenvalue weighted by Crippen LogP contribution is -2.33. The topological polar surface area (TPSA) is 45.5 Å². The van der Waals surface area contributed by atoms with Crippen molar-refractivity contribution in [3.8, 4) is 0 Å². The number of benzene rings is 1. The molecule has 0 saturated heterocycles. The fourth-order valence-electron chi connectivity index (χ4n) is 2.63. The average Bonchev–Trinajstić information content (AvgIpc) is 3.23. The molecule has 0 unspecified atom stereocenters. The molecule has 5 heteroatoms. The number of amides is 1. The molecule has 3 rings (SSSR count). The van der Waals surface area contributed by atoms with Crippen LogP contribution in [0.1, 0.15) is 17.4 Å². The Bertz CT molecular complexity index is 834. The molecular formula is C19H20N2O2S. The number of hydrogen-bond donors (Lipinski definition) is 1. The van der Waals surface area contributed by atoms with Gasteiger partial charge in [0.1, 0.15) is 5.76 Å². The molecule has 0 bridgehead atoms. The van der Waals surface area contributed by atoms with Gasteiger partial charge in [0.25, 0.3) is 0 Å². The van der Waals surface area contributed by atoms with E-state index in [0.29, 0.717) is 12.3 Å². The SMILES string of the molecule is CN(C)[C@H](CNC(=O)/C=C/c1ccco1)c1csc2ccccc12. The molecule has 1 atom stereocenters. The van der Waals surface area contributed by atoms with Gasteiger partial charge in [0, 0.05) is 17.3 Å². The summed E-state index contributed by atoms with van der Waals surface area (Å²) < 4.78 is 6.45. The van der Waals surface area contributed by atoms with Gasteiger partial charge in [0.05, 0.1) is 12.3 Å². The average molecular weight is 340 g/mol. The maximum Gasteiger partial charge on any atom is 0.244 e. The number of furan rings is 1. The largest absolute Gasteiger partial charge is 0.465 e. The zero-order valence-corrected chi connectivity index (χ0v) is 14.5. The van der Waals surface area contributed by atoms with Crippen LogP contribution < -0.4 is 5.32 Å². The molecule has 3 aromatic rings. The number of nitrogens with zero attached hydrogens (tertiary/aromatic N) is 1. The van der Waals surface area contributed by atoms with E-state index < -0.39 is 0 Å². The van der Waals surface area contributed by atoms with Crippen molar-refractivity contribution >= 4 is 33.4 Å². The van der Waals surface area contributed by atoms with Crippen LogP contribution in [-0.4, -0.2) is 31.4 Å². The van der Waals surface area contributed by atoms with Crippen LogP contribution >= 0.6 is 11.3 Å². The smallest absolute Gasteiger partial charge is 0.244 e. The molecule has 1 aromatic carbocycles. The van der Waals surface area contributed by atoms with E-state index in [0.717, 1.165) is 0 Å². The second kappa shape index (κ2) is 7.47. The first-order valence-corrected chi connectivity index (χ1v) is 8.65. The molecule has 0 aliphatic heterocycles. The third-order valence-corrected chi connectivity index (χ3v) is 4.89. The molecule has 1 N–H and O–H groups in total. The van der Waals surface area contributed by atoms with Crippen molar-refractivity contribution in [2.24, 2.45) is 0 Å². The van der Waals surface area contributed by atoms with Gasteiger partial charge in [-0.2, -0.15) is 0 Å². The standard InChI is InChI=1S/C19H20N2O2S/c1-21(2)17(16-13-24-18-8-4-3-7-15(16)18)12-20-19(22)10-9-14-6-5-11-23-14/h3-11,13,17H,12H2,1-2H3,(H,20,22)/b10-9+/t17-/m1/s1. The number of nitrogens with one attached hydrogen (secondary N) is 1. The molecule has 124 valence electrons. The Morgan fingerprint density at radius 1 is 1.29 bits per heavy atom. The highest BCUT2D eigenvalue weighted by atomic mass is 32.1. The maximum atomic E-state index is 12.0. The van der Waals surface area contributed by atoms with Gasteiger partial charge >= 0.3 is 0 Å². The van der Waals surface area contributed by atoms with Crippen LogP contribution in [0, 0.1) is 0 Å². The summed E-state index contributed by atoms with van der Waals surface area (Å²) in [6.45, 7) is 0.551. The molecule has 0 aliphatic carbocycles. The zero-order chi connectivity index (χ0) is 16.9. The second-order valence-corrected chi connectivity index (χ2v) is 6.67. The molecule has 2 aromatic heterocycles. The summed E-state index contributed by atoms with van der Waals surface area (Å²) in [6, 6.07) is 12.1. The fraction of sp³-hybridized carbons (Fsp3) is 0.211. The Balaban J connectivity index is 1.69. The van der Waals surface area contributed by atoms with E-state index in [2.05, 4.69) is 39.9 Å². The van der Waals surface area contributed by atoms with E-state index in [1.54, 1.807) is 29.7 Å². The van der Waals surface area contributed by atoms with Gasteiger partial charge in [-0.1, -0.05) is 18.2 Å². The van der Waals surface area contributed by atoms with Crippen LogP contribution in [0.25, 0.3) is 16.2 Å². The Morgan fingerprint density at radius 2 is 2.12 bits per heavy atom. The maximum absolute atomic E-state index is 12.0. The number of rotatable bonds is 6. The number of carbonyl (C=O) groups excluding carboxylic acids is 1. The Labute approximate surface area is 145 Å². The summed E-state index contributed by atoms with van der Waals surface area (Å²) in [6.07, 6.45) is 4.75. The Hall–Kier alpha value is -2.37. The van der Waals surface area contributed by atoms with Crippen molar-refractivity contribution < 1.29 is 9.21 Å². The number of likely N-dealkylation sites (N-methyl/N-ethyl adjacent to an activating group) is 1. The quantitative estimate of drug-likeness (QED) is 0.692. The molecule has 0 spiro atoms. The summed E-state index contributed by atoms with van der Waals surface area (Å²) >= 11 is 1.74. The Kier molecular flexibility index (Phi) is 5.13. The van der Waals surface area contributed by atoms with E-state index in [1.165, 1.54) is 21.7 Å². The minimum atomic E-state index is -0.127. The van der Waals surface area contributed by atoms with Crippen LogP contribution in [-0.2, 0) is 4.79 Å². The predicted octanol–water partition coefficient (Wildman–Crippen LogP) is 3.93. The van der Waals surface area contributed by atoms with Crippen molar-refractivity contribution in [2.75, 3.05) is 20.6 Å². The predicted molar refractivity (Wildman–Crippen MR) is 99.0 cm³/mol. The zero-order valence-electron chi connectivity index (χ0n) is 13.7. The minimum Gasteiger partial charge on any atom is -0.465 e. The Morgan fingerprint density at radius 3 is 2.88 bits per heavy atom. The number of thiophene rings is 1. The van der Waals surface area contributed by atoms with Gasteiger partial charge in [0.15, 0.2) is 0 Å².